The fourth-order valence-corrected chi connectivity index (χ4v) is 4.07. The molecule has 2 heterocycles. The molecule has 0 spiro atoms. The summed E-state index contributed by atoms with van der Waals surface area (Å²) < 4.78 is 11.2. The Balaban J connectivity index is 1.45. The van der Waals surface area contributed by atoms with E-state index in [-0.39, 0.29) is 25.0 Å². The van der Waals surface area contributed by atoms with E-state index >= 15 is 0 Å². The van der Waals surface area contributed by atoms with Gasteiger partial charge in [0.1, 0.15) is 11.5 Å². The topological polar surface area (TPSA) is 80.8 Å². The van der Waals surface area contributed by atoms with Gasteiger partial charge in [-0.05, 0) is 49.2 Å². The minimum absolute atomic E-state index is 0.0111. The number of nitrogens with zero attached hydrogens (tertiary/aromatic N) is 2. The van der Waals surface area contributed by atoms with Crippen molar-refractivity contribution in [1.82, 2.24) is 4.98 Å². The van der Waals surface area contributed by atoms with Crippen LogP contribution in [0.4, 0.5) is 10.8 Å². The number of amides is 2. The predicted octanol–water partition coefficient (Wildman–Crippen LogP) is 4.36. The van der Waals surface area contributed by atoms with Crippen molar-refractivity contribution < 1.29 is 19.1 Å². The number of hydrogen-bond acceptors (Lipinski definition) is 6. The van der Waals surface area contributed by atoms with Crippen molar-refractivity contribution in [1.29, 1.82) is 0 Å². The lowest BCUT2D eigenvalue weighted by Crippen LogP contribution is -2.38. The normalized spacial score (nSPS) is 12.7. The number of anilines is 2. The minimum Gasteiger partial charge on any atom is -0.483 e. The molecule has 3 aromatic rings. The number of aryl methyl sites for hydroxylation is 1. The van der Waals surface area contributed by atoms with Crippen LogP contribution in [-0.4, -0.2) is 36.6 Å². The first-order valence-electron chi connectivity index (χ1n) is 10.1. The quantitative estimate of drug-likeness (QED) is 0.542. The zero-order valence-electron chi connectivity index (χ0n) is 17.9. The van der Waals surface area contributed by atoms with Gasteiger partial charge in [-0.1, -0.05) is 18.2 Å². The Morgan fingerprint density at radius 2 is 2.19 bits per heavy atom. The van der Waals surface area contributed by atoms with Crippen molar-refractivity contribution in [2.45, 2.75) is 13.8 Å². The lowest BCUT2D eigenvalue weighted by atomic mass is 10.1. The van der Waals surface area contributed by atoms with Gasteiger partial charge < -0.3 is 14.4 Å². The number of hydrogen-bond donors (Lipinski definition) is 1. The van der Waals surface area contributed by atoms with Gasteiger partial charge in [-0.15, -0.1) is 17.9 Å². The third-order valence-electron chi connectivity index (χ3n) is 5.17. The third kappa shape index (κ3) is 4.50. The van der Waals surface area contributed by atoms with Gasteiger partial charge in [0.15, 0.2) is 18.3 Å². The highest BCUT2D eigenvalue weighted by molar-refractivity contribution is 7.14. The largest absolute Gasteiger partial charge is 0.483 e. The number of carbonyl (C=O) groups excluding carboxylic acids is 2. The first-order chi connectivity index (χ1) is 15.5. The molecular weight excluding hydrogens is 426 g/mol. The molecule has 2 aromatic carbocycles. The number of thiazole rings is 1. The summed E-state index contributed by atoms with van der Waals surface area (Å²) in [4.78, 5) is 30.7. The highest BCUT2D eigenvalue weighted by atomic mass is 32.1. The first-order valence-corrected chi connectivity index (χ1v) is 11.0. The summed E-state index contributed by atoms with van der Waals surface area (Å²) in [6.07, 6.45) is 1.68. The maximum Gasteiger partial charge on any atom is 0.265 e. The van der Waals surface area contributed by atoms with Crippen molar-refractivity contribution in [3.8, 4) is 22.8 Å². The Morgan fingerprint density at radius 3 is 3.00 bits per heavy atom. The Kier molecular flexibility index (Phi) is 6.23. The highest BCUT2D eigenvalue weighted by Crippen LogP contribution is 2.36. The maximum atomic E-state index is 12.3. The van der Waals surface area contributed by atoms with Crippen LogP contribution in [0.3, 0.4) is 0 Å². The summed E-state index contributed by atoms with van der Waals surface area (Å²) in [6.45, 7) is 7.99. The molecule has 4 rings (SSSR count). The molecule has 0 radical (unpaired) electrons. The molecule has 7 nitrogen and oxygen atoms in total. The van der Waals surface area contributed by atoms with E-state index in [1.807, 2.05) is 55.6 Å². The van der Waals surface area contributed by atoms with Gasteiger partial charge in [0, 0.05) is 17.5 Å². The van der Waals surface area contributed by atoms with E-state index in [2.05, 4.69) is 16.9 Å². The predicted molar refractivity (Wildman–Crippen MR) is 126 cm³/mol. The summed E-state index contributed by atoms with van der Waals surface area (Å²) in [7, 11) is 0. The number of aromatic nitrogens is 1. The molecule has 0 bridgehead atoms. The molecule has 0 unspecified atom stereocenters. The van der Waals surface area contributed by atoms with Gasteiger partial charge in [-0.25, -0.2) is 4.98 Å². The summed E-state index contributed by atoms with van der Waals surface area (Å²) in [5.41, 5.74) is 4.31. The van der Waals surface area contributed by atoms with Gasteiger partial charge in [-0.2, -0.15) is 0 Å². The van der Waals surface area contributed by atoms with Crippen LogP contribution < -0.4 is 19.7 Å². The number of ether oxygens (including phenoxy) is 2. The Morgan fingerprint density at radius 1 is 1.34 bits per heavy atom. The van der Waals surface area contributed by atoms with Crippen molar-refractivity contribution in [3.05, 3.63) is 65.6 Å². The molecule has 0 saturated carbocycles. The summed E-state index contributed by atoms with van der Waals surface area (Å²) >= 11 is 1.32. The lowest BCUT2D eigenvalue weighted by Gasteiger charge is -2.28. The zero-order chi connectivity index (χ0) is 22.7. The second-order valence-electron chi connectivity index (χ2n) is 7.34. The molecule has 0 aliphatic carbocycles. The summed E-state index contributed by atoms with van der Waals surface area (Å²) in [5.74, 6) is 0.926. The van der Waals surface area contributed by atoms with Gasteiger partial charge in [-0.3, -0.25) is 14.9 Å². The number of benzene rings is 2. The molecule has 0 atom stereocenters. The van der Waals surface area contributed by atoms with E-state index < -0.39 is 0 Å². The maximum absolute atomic E-state index is 12.3. The molecule has 1 aliphatic heterocycles. The molecule has 0 fully saturated rings. The first kappa shape index (κ1) is 21.6. The Labute approximate surface area is 190 Å². The van der Waals surface area contributed by atoms with E-state index in [1.54, 1.807) is 11.0 Å². The second kappa shape index (κ2) is 9.23. The van der Waals surface area contributed by atoms with Crippen LogP contribution >= 0.6 is 11.3 Å². The van der Waals surface area contributed by atoms with E-state index in [9.17, 15) is 9.59 Å². The molecule has 2 amide bonds. The highest BCUT2D eigenvalue weighted by Gasteiger charge is 2.25. The van der Waals surface area contributed by atoms with Crippen molar-refractivity contribution in [2.24, 2.45) is 0 Å². The van der Waals surface area contributed by atoms with Gasteiger partial charge in [0.05, 0.1) is 11.4 Å². The van der Waals surface area contributed by atoms with Crippen molar-refractivity contribution in [2.75, 3.05) is 30.0 Å². The molecule has 1 aliphatic rings. The van der Waals surface area contributed by atoms with Gasteiger partial charge in [0.25, 0.3) is 11.8 Å². The fourth-order valence-electron chi connectivity index (χ4n) is 3.33. The molecule has 8 heteroatoms. The average molecular weight is 450 g/mol. The number of nitrogens with one attached hydrogen (secondary N) is 1. The Hall–Kier alpha value is -3.65. The van der Waals surface area contributed by atoms with Gasteiger partial charge in [0.2, 0.25) is 0 Å². The van der Waals surface area contributed by atoms with Crippen LogP contribution in [0.2, 0.25) is 0 Å². The zero-order valence-corrected chi connectivity index (χ0v) is 18.7. The smallest absolute Gasteiger partial charge is 0.265 e. The third-order valence-corrected chi connectivity index (χ3v) is 5.93. The number of rotatable bonds is 7. The van der Waals surface area contributed by atoms with Crippen molar-refractivity contribution >= 4 is 34.0 Å². The Bertz CT molecular complexity index is 1190. The molecule has 0 saturated heterocycles. The van der Waals surface area contributed by atoms with Crippen LogP contribution in [0.5, 0.6) is 11.5 Å². The van der Waals surface area contributed by atoms with E-state index in [0.29, 0.717) is 34.6 Å². The van der Waals surface area contributed by atoms with E-state index in [1.165, 1.54) is 11.3 Å². The number of carbonyl (C=O) groups is 2. The van der Waals surface area contributed by atoms with E-state index in [0.717, 1.165) is 16.7 Å². The lowest BCUT2D eigenvalue weighted by molar-refractivity contribution is -0.121. The average Bonchev–Trinajstić information content (AvgIpc) is 3.25. The summed E-state index contributed by atoms with van der Waals surface area (Å²) in [5, 5.41) is 5.10. The SMILES string of the molecule is C=CCN1C(=O)COc2ccc(-c3csc(NC(=O)COc4cccc(C)c4C)n3)cc21. The minimum atomic E-state index is -0.284. The van der Waals surface area contributed by atoms with Crippen LogP contribution in [0.15, 0.2) is 54.4 Å². The number of fused-ring (bicyclic) bond motifs is 1. The molecule has 1 N–H and O–H groups in total. The van der Waals surface area contributed by atoms with Crippen LogP contribution in [0, 0.1) is 13.8 Å². The summed E-state index contributed by atoms with van der Waals surface area (Å²) in [6, 6.07) is 11.3. The van der Waals surface area contributed by atoms with Crippen LogP contribution in [-0.2, 0) is 9.59 Å². The monoisotopic (exact) mass is 449 g/mol. The van der Waals surface area contributed by atoms with Crippen molar-refractivity contribution in [3.63, 3.8) is 0 Å². The van der Waals surface area contributed by atoms with Crippen LogP contribution in [0.25, 0.3) is 11.3 Å². The van der Waals surface area contributed by atoms with Gasteiger partial charge >= 0.3 is 0 Å². The molecule has 1 aromatic heterocycles. The fraction of sp³-hybridized carbons (Fsp3) is 0.208. The molecular formula is C24H23N3O4S. The second-order valence-corrected chi connectivity index (χ2v) is 8.20. The molecule has 32 heavy (non-hydrogen) atoms. The standard InChI is InChI=1S/C24H23N3O4S/c1-4-10-27-19-11-17(8-9-21(19)31-13-23(27)29)18-14-32-24(25-18)26-22(28)12-30-20-7-5-6-15(2)16(20)3/h4-9,11,14H,1,10,12-13H2,2-3H3,(H,25,26,28). The van der Waals surface area contributed by atoms with E-state index in [4.69, 9.17) is 9.47 Å². The van der Waals surface area contributed by atoms with Crippen LogP contribution in [0.1, 0.15) is 11.1 Å². The molecule has 164 valence electrons.